The summed E-state index contributed by atoms with van der Waals surface area (Å²) in [5.74, 6) is 0.896. The van der Waals surface area contributed by atoms with Crippen molar-refractivity contribution < 1.29 is 10.3 Å². The molecule has 1 aromatic rings. The Morgan fingerprint density at radius 2 is 2.18 bits per heavy atom. The largest absolute Gasteiger partial charge is 0.393 e. The maximum absolute atomic E-state index is 9.42. The molecule has 0 amide bonds. The lowest BCUT2D eigenvalue weighted by atomic mass is 10.1. The monoisotopic (exact) mass is 236 g/mol. The van der Waals surface area contributed by atoms with Gasteiger partial charge in [0.25, 0.3) is 0 Å². The summed E-state index contributed by atoms with van der Waals surface area (Å²) in [5.41, 5.74) is 2.51. The maximum atomic E-state index is 9.42. The summed E-state index contributed by atoms with van der Waals surface area (Å²) in [7, 11) is 0. The zero-order valence-electron chi connectivity index (χ0n) is 9.45. The Balaban J connectivity index is 2.00. The number of aromatic nitrogens is 1. The van der Waals surface area contributed by atoms with Crippen molar-refractivity contribution in [2.24, 2.45) is 4.99 Å². The first-order chi connectivity index (χ1) is 8.29. The molecular weight excluding hydrogens is 220 g/mol. The summed E-state index contributed by atoms with van der Waals surface area (Å²) in [6.07, 6.45) is 4.24. The van der Waals surface area contributed by atoms with E-state index in [1.807, 2.05) is 17.6 Å². The Labute approximate surface area is 99.6 Å². The summed E-state index contributed by atoms with van der Waals surface area (Å²) in [6, 6.07) is 3.73. The first-order valence-corrected chi connectivity index (χ1v) is 5.61. The highest BCUT2D eigenvalue weighted by Crippen LogP contribution is 2.20. The van der Waals surface area contributed by atoms with Gasteiger partial charge in [0.05, 0.1) is 18.0 Å². The molecule has 1 saturated heterocycles. The Hall–Kier alpha value is -1.66. The van der Waals surface area contributed by atoms with E-state index in [0.717, 1.165) is 31.7 Å². The molecule has 3 N–H and O–H groups in total. The molecule has 1 fully saturated rings. The topological polar surface area (TPSA) is 81.0 Å². The second-order valence-corrected chi connectivity index (χ2v) is 3.98. The fraction of sp³-hybridized carbons (Fsp3) is 0.455. The van der Waals surface area contributed by atoms with Crippen molar-refractivity contribution in [2.75, 3.05) is 18.0 Å². The van der Waals surface area contributed by atoms with Gasteiger partial charge in [0.2, 0.25) is 0 Å². The third-order valence-corrected chi connectivity index (χ3v) is 2.79. The van der Waals surface area contributed by atoms with Crippen LogP contribution in [-0.4, -0.2) is 40.8 Å². The molecule has 0 atom stereocenters. The lowest BCUT2D eigenvalue weighted by Gasteiger charge is -2.30. The molecule has 1 aliphatic heterocycles. The lowest BCUT2D eigenvalue weighted by molar-refractivity contribution is 0.145. The van der Waals surface area contributed by atoms with Crippen LogP contribution in [0.2, 0.25) is 0 Å². The van der Waals surface area contributed by atoms with E-state index >= 15 is 0 Å². The number of anilines is 1. The number of pyridine rings is 1. The molecule has 0 aliphatic carbocycles. The quantitative estimate of drug-likeness (QED) is 0.408. The van der Waals surface area contributed by atoms with E-state index in [1.54, 1.807) is 6.20 Å². The fourth-order valence-electron chi connectivity index (χ4n) is 1.84. The number of nitrogens with zero attached hydrogens (tertiary/aromatic N) is 3. The van der Waals surface area contributed by atoms with Gasteiger partial charge in [-0.05, 0) is 25.0 Å². The van der Waals surface area contributed by atoms with Crippen LogP contribution in [0.25, 0.3) is 0 Å². The third-order valence-electron chi connectivity index (χ3n) is 2.79. The molecule has 0 aromatic carbocycles. The maximum Gasteiger partial charge on any atom is 0.128 e. The van der Waals surface area contributed by atoms with Crippen LogP contribution in [0, 0.1) is 0 Å². The smallest absolute Gasteiger partial charge is 0.128 e. The van der Waals surface area contributed by atoms with Crippen LogP contribution in [-0.2, 0) is 0 Å². The van der Waals surface area contributed by atoms with Crippen LogP contribution in [0.5, 0.6) is 0 Å². The number of aliphatic imine (C=N–C) groups is 1. The molecule has 0 spiro atoms. The summed E-state index contributed by atoms with van der Waals surface area (Å²) in [5, 5.41) is 17.8. The number of piperidine rings is 1. The van der Waals surface area contributed by atoms with Gasteiger partial charge >= 0.3 is 0 Å². The van der Waals surface area contributed by atoms with Gasteiger partial charge < -0.3 is 10.0 Å². The van der Waals surface area contributed by atoms with Gasteiger partial charge in [0.1, 0.15) is 12.2 Å². The SMILES string of the molecule is ONC=Nc1ccc(N2CCC(O)CC2)nc1. The van der Waals surface area contributed by atoms with E-state index in [-0.39, 0.29) is 6.10 Å². The molecule has 92 valence electrons. The molecule has 0 saturated carbocycles. The van der Waals surface area contributed by atoms with Crippen LogP contribution in [0.4, 0.5) is 11.5 Å². The summed E-state index contributed by atoms with van der Waals surface area (Å²) in [6.45, 7) is 1.66. The molecule has 2 rings (SSSR count). The molecular formula is C11H16N4O2. The number of rotatable bonds is 3. The molecule has 0 radical (unpaired) electrons. The second kappa shape index (κ2) is 5.60. The molecule has 0 bridgehead atoms. The molecule has 17 heavy (non-hydrogen) atoms. The van der Waals surface area contributed by atoms with Crippen molar-refractivity contribution in [1.29, 1.82) is 0 Å². The van der Waals surface area contributed by atoms with Gasteiger partial charge in [-0.1, -0.05) is 0 Å². The standard InChI is InChI=1S/C11H16N4O2/c16-10-3-5-15(6-4-10)11-2-1-9(7-12-11)13-8-14-17/h1-2,7-8,10,16-17H,3-6H2,(H,13,14). The fourth-order valence-corrected chi connectivity index (χ4v) is 1.84. The molecule has 6 heteroatoms. The van der Waals surface area contributed by atoms with Crippen molar-refractivity contribution in [3.05, 3.63) is 18.3 Å². The average Bonchev–Trinajstić information content (AvgIpc) is 2.38. The zero-order valence-corrected chi connectivity index (χ0v) is 9.45. The minimum absolute atomic E-state index is 0.175. The van der Waals surface area contributed by atoms with Crippen LogP contribution in [0.1, 0.15) is 12.8 Å². The van der Waals surface area contributed by atoms with E-state index in [0.29, 0.717) is 5.69 Å². The number of hydrogen-bond acceptors (Lipinski definition) is 5. The van der Waals surface area contributed by atoms with E-state index in [2.05, 4.69) is 14.9 Å². The molecule has 2 heterocycles. The second-order valence-electron chi connectivity index (χ2n) is 3.98. The Morgan fingerprint density at radius 3 is 2.76 bits per heavy atom. The summed E-state index contributed by atoms with van der Waals surface area (Å²) >= 11 is 0. The minimum atomic E-state index is -0.175. The van der Waals surface area contributed by atoms with Gasteiger partial charge in [0, 0.05) is 13.1 Å². The Morgan fingerprint density at radius 1 is 1.41 bits per heavy atom. The van der Waals surface area contributed by atoms with Crippen LogP contribution in [0.3, 0.4) is 0 Å². The highest BCUT2D eigenvalue weighted by atomic mass is 16.5. The van der Waals surface area contributed by atoms with Gasteiger partial charge in [-0.25, -0.2) is 9.98 Å². The molecule has 6 nitrogen and oxygen atoms in total. The normalized spacial score (nSPS) is 17.6. The highest BCUT2D eigenvalue weighted by Gasteiger charge is 2.17. The van der Waals surface area contributed by atoms with Gasteiger partial charge in [-0.2, -0.15) is 0 Å². The highest BCUT2D eigenvalue weighted by molar-refractivity contribution is 5.59. The molecule has 0 unspecified atom stereocenters. The van der Waals surface area contributed by atoms with Gasteiger partial charge in [-0.15, -0.1) is 0 Å². The first-order valence-electron chi connectivity index (χ1n) is 5.61. The molecule has 1 aromatic heterocycles. The number of aliphatic hydroxyl groups is 1. The average molecular weight is 236 g/mol. The Kier molecular flexibility index (Phi) is 3.89. The van der Waals surface area contributed by atoms with E-state index in [9.17, 15) is 5.11 Å². The van der Waals surface area contributed by atoms with Crippen molar-refractivity contribution in [3.63, 3.8) is 0 Å². The van der Waals surface area contributed by atoms with Crippen molar-refractivity contribution in [1.82, 2.24) is 10.5 Å². The number of aliphatic hydroxyl groups excluding tert-OH is 1. The van der Waals surface area contributed by atoms with E-state index in [4.69, 9.17) is 5.21 Å². The summed E-state index contributed by atoms with van der Waals surface area (Å²) in [4.78, 5) is 10.4. The number of nitrogens with one attached hydrogen (secondary N) is 1. The number of hydrogen-bond donors (Lipinski definition) is 3. The first kappa shape index (κ1) is 11.8. The van der Waals surface area contributed by atoms with Crippen LogP contribution in [0.15, 0.2) is 23.3 Å². The zero-order chi connectivity index (χ0) is 12.1. The van der Waals surface area contributed by atoms with Crippen molar-refractivity contribution >= 4 is 17.8 Å². The Bertz CT molecular complexity index is 372. The van der Waals surface area contributed by atoms with E-state index in [1.165, 1.54) is 6.34 Å². The van der Waals surface area contributed by atoms with Gasteiger partial charge in [0.15, 0.2) is 0 Å². The predicted molar refractivity (Wildman–Crippen MR) is 64.8 cm³/mol. The van der Waals surface area contributed by atoms with Crippen LogP contribution >= 0.6 is 0 Å². The van der Waals surface area contributed by atoms with Crippen molar-refractivity contribution in [2.45, 2.75) is 18.9 Å². The molecule has 1 aliphatic rings. The third kappa shape index (κ3) is 3.15. The summed E-state index contributed by atoms with van der Waals surface area (Å²) < 4.78 is 0. The van der Waals surface area contributed by atoms with Crippen LogP contribution < -0.4 is 10.4 Å². The predicted octanol–water partition coefficient (Wildman–Crippen LogP) is 0.681. The van der Waals surface area contributed by atoms with E-state index < -0.39 is 0 Å². The van der Waals surface area contributed by atoms with Crippen molar-refractivity contribution in [3.8, 4) is 0 Å². The minimum Gasteiger partial charge on any atom is -0.393 e. The number of hydroxylamine groups is 1. The van der Waals surface area contributed by atoms with Gasteiger partial charge in [-0.3, -0.25) is 10.7 Å². The lowest BCUT2D eigenvalue weighted by Crippen LogP contribution is -2.36.